The molecular formula is C72H98O4P2. The smallest absolute Gasteiger partial charge is 0.139 e. The van der Waals surface area contributed by atoms with Crippen LogP contribution in [0.2, 0.25) is 0 Å². The quantitative estimate of drug-likeness (QED) is 0.135. The van der Waals surface area contributed by atoms with E-state index in [9.17, 15) is 0 Å². The SMILES string of the molecule is COc1c(C)cc(P(c2cc(C(C)(C)C)c(OC)c(C(C)(C)C)c2)c2cccc3c2Oc2c(P(c4cc(C(C)(C)C)c(C)c(C(C)(C)C)c4)c4cc(C(C)(C)C)c(OC)c(C(C)(C)C)c4)cccc2C3(C)C)cc1C(C)(C)C. The summed E-state index contributed by atoms with van der Waals surface area (Å²) >= 11 is 0. The molecule has 0 fully saturated rings. The third-order valence-electron chi connectivity index (χ3n) is 16.1. The lowest BCUT2D eigenvalue weighted by Crippen LogP contribution is -2.34. The van der Waals surface area contributed by atoms with Gasteiger partial charge in [0.05, 0.1) is 21.3 Å². The first-order valence-corrected chi connectivity index (χ1v) is 31.1. The molecule has 6 aromatic carbocycles. The van der Waals surface area contributed by atoms with Gasteiger partial charge in [0, 0.05) is 55.0 Å². The largest absolute Gasteiger partial charge is 0.496 e. The van der Waals surface area contributed by atoms with E-state index in [2.05, 4.69) is 258 Å². The molecule has 0 bridgehead atoms. The summed E-state index contributed by atoms with van der Waals surface area (Å²) in [6.07, 6.45) is 0. The molecule has 2 atom stereocenters. The number of aryl methyl sites for hydroxylation is 1. The molecule has 78 heavy (non-hydrogen) atoms. The molecule has 6 aromatic rings. The maximum Gasteiger partial charge on any atom is 0.139 e. The summed E-state index contributed by atoms with van der Waals surface area (Å²) in [6.45, 7) is 58.3. The Morgan fingerprint density at radius 1 is 0.359 bits per heavy atom. The summed E-state index contributed by atoms with van der Waals surface area (Å²) in [5, 5.41) is 7.58. The highest BCUT2D eigenvalue weighted by Crippen LogP contribution is 2.55. The molecule has 1 aliphatic rings. The van der Waals surface area contributed by atoms with E-state index in [4.69, 9.17) is 18.9 Å². The number of hydrogen-bond donors (Lipinski definition) is 0. The van der Waals surface area contributed by atoms with Gasteiger partial charge >= 0.3 is 0 Å². The molecule has 0 amide bonds. The Morgan fingerprint density at radius 2 is 0.615 bits per heavy atom. The van der Waals surface area contributed by atoms with Gasteiger partial charge in [0.2, 0.25) is 0 Å². The van der Waals surface area contributed by atoms with E-state index < -0.39 is 21.3 Å². The number of para-hydroxylation sites is 2. The second-order valence-corrected chi connectivity index (χ2v) is 34.5. The molecular weight excluding hydrogens is 991 g/mol. The summed E-state index contributed by atoms with van der Waals surface area (Å²) in [6, 6.07) is 33.8. The fourth-order valence-corrected chi connectivity index (χ4v) is 17.0. The Balaban J connectivity index is 1.66. The van der Waals surface area contributed by atoms with Crippen LogP contribution in [-0.4, -0.2) is 21.3 Å². The number of ether oxygens (including phenoxy) is 4. The normalized spacial score (nSPS) is 15.0. The Hall–Kier alpha value is -4.62. The van der Waals surface area contributed by atoms with Crippen molar-refractivity contribution in [2.45, 2.75) is 216 Å². The molecule has 1 heterocycles. The van der Waals surface area contributed by atoms with Gasteiger partial charge in [0.1, 0.15) is 28.7 Å². The number of hydrogen-bond acceptors (Lipinski definition) is 4. The second kappa shape index (κ2) is 20.7. The second-order valence-electron chi connectivity index (χ2n) is 30.1. The van der Waals surface area contributed by atoms with Crippen LogP contribution in [0.5, 0.6) is 28.7 Å². The molecule has 0 N–H and O–H groups in total. The van der Waals surface area contributed by atoms with Crippen molar-refractivity contribution in [1.82, 2.24) is 0 Å². The first-order chi connectivity index (χ1) is 35.6. The number of benzene rings is 6. The van der Waals surface area contributed by atoms with Crippen LogP contribution in [0.3, 0.4) is 0 Å². The number of rotatable bonds is 9. The molecule has 0 aliphatic carbocycles. The number of fused-ring (bicyclic) bond motifs is 2. The lowest BCUT2D eigenvalue weighted by Gasteiger charge is -2.39. The highest BCUT2D eigenvalue weighted by Gasteiger charge is 2.42. The first kappa shape index (κ1) is 61.0. The minimum Gasteiger partial charge on any atom is -0.496 e. The molecule has 420 valence electrons. The molecule has 1 aliphatic heterocycles. The Labute approximate surface area is 476 Å². The zero-order valence-electron chi connectivity index (χ0n) is 53.6. The van der Waals surface area contributed by atoms with Crippen LogP contribution in [0.1, 0.15) is 220 Å². The molecule has 2 unspecified atom stereocenters. The van der Waals surface area contributed by atoms with Gasteiger partial charge in [-0.15, -0.1) is 0 Å². The molecule has 7 rings (SSSR count). The van der Waals surface area contributed by atoms with Gasteiger partial charge < -0.3 is 18.9 Å². The van der Waals surface area contributed by atoms with E-state index in [1.165, 1.54) is 87.5 Å². The third kappa shape index (κ3) is 11.5. The predicted octanol–water partition coefficient (Wildman–Crippen LogP) is 17.4. The van der Waals surface area contributed by atoms with Crippen molar-refractivity contribution in [3.8, 4) is 28.7 Å². The average molecular weight is 1090 g/mol. The van der Waals surface area contributed by atoms with Gasteiger partial charge in [0.25, 0.3) is 0 Å². The molecule has 0 aromatic heterocycles. The van der Waals surface area contributed by atoms with E-state index in [0.29, 0.717) is 0 Å². The molecule has 4 nitrogen and oxygen atoms in total. The van der Waals surface area contributed by atoms with Crippen LogP contribution < -0.4 is 50.8 Å². The Kier molecular flexibility index (Phi) is 16.2. The van der Waals surface area contributed by atoms with Crippen molar-refractivity contribution in [2.24, 2.45) is 0 Å². The molecule has 6 heteroatoms. The van der Waals surface area contributed by atoms with Crippen molar-refractivity contribution >= 4 is 47.7 Å². The van der Waals surface area contributed by atoms with Gasteiger partial charge in [0.15, 0.2) is 0 Å². The monoisotopic (exact) mass is 1090 g/mol. The standard InChI is InChI=1S/C72H98O4P2/c1-43-35-45(38-53(60(43)73-26)67(9,10)11)77(47-39-54(68(12,13)14)61(74-27)55(40-47)69(15,16)17)58-33-29-31-49-63(58)76-64-50(72(49,24)25)32-30-34-59(64)78(46-36-51(65(3,4)5)44(2)52(37-46)66(6,7)8)48-41-56(70(18,19)20)62(75-28)57(42-48)71(21,22)23/h29-42H,1-28H3. The molecule has 0 saturated carbocycles. The van der Waals surface area contributed by atoms with Gasteiger partial charge in [-0.3, -0.25) is 0 Å². The topological polar surface area (TPSA) is 36.9 Å². The van der Waals surface area contributed by atoms with E-state index in [0.717, 1.165) is 34.3 Å². The van der Waals surface area contributed by atoms with Gasteiger partial charge in [-0.05, 0) is 160 Å². The minimum absolute atomic E-state index is 0.0956. The van der Waals surface area contributed by atoms with Crippen molar-refractivity contribution in [3.05, 3.63) is 146 Å². The first-order valence-electron chi connectivity index (χ1n) is 28.4. The lowest BCUT2D eigenvalue weighted by atomic mass is 9.76. The van der Waals surface area contributed by atoms with Gasteiger partial charge in [-0.25, -0.2) is 0 Å². The van der Waals surface area contributed by atoms with Crippen LogP contribution in [-0.2, 0) is 43.3 Å². The summed E-state index contributed by atoms with van der Waals surface area (Å²) < 4.78 is 27.2. The fraction of sp³-hybridized carbons (Fsp3) is 0.500. The van der Waals surface area contributed by atoms with E-state index in [1.54, 1.807) is 0 Å². The van der Waals surface area contributed by atoms with Gasteiger partial charge in [-0.1, -0.05) is 196 Å². The van der Waals surface area contributed by atoms with Gasteiger partial charge in [-0.2, -0.15) is 0 Å². The zero-order chi connectivity index (χ0) is 58.6. The van der Waals surface area contributed by atoms with Crippen molar-refractivity contribution in [1.29, 1.82) is 0 Å². The maximum atomic E-state index is 8.05. The fourth-order valence-electron chi connectivity index (χ4n) is 12.0. The number of methoxy groups -OCH3 is 3. The van der Waals surface area contributed by atoms with Crippen LogP contribution >= 0.6 is 15.8 Å². The molecule has 0 saturated heterocycles. The van der Waals surface area contributed by atoms with Crippen molar-refractivity contribution < 1.29 is 18.9 Å². The summed E-state index contributed by atoms with van der Waals surface area (Å²) in [7, 11) is 2.97. The highest BCUT2D eigenvalue weighted by molar-refractivity contribution is 7.80. The summed E-state index contributed by atoms with van der Waals surface area (Å²) in [5.41, 5.74) is 12.1. The Morgan fingerprint density at radius 3 is 0.885 bits per heavy atom. The van der Waals surface area contributed by atoms with E-state index in [-0.39, 0.29) is 37.9 Å². The third-order valence-corrected chi connectivity index (χ3v) is 20.9. The summed E-state index contributed by atoms with van der Waals surface area (Å²) in [4.78, 5) is 0. The van der Waals surface area contributed by atoms with Crippen LogP contribution in [0, 0.1) is 13.8 Å². The maximum absolute atomic E-state index is 8.05. The zero-order valence-corrected chi connectivity index (χ0v) is 55.4. The van der Waals surface area contributed by atoms with E-state index >= 15 is 0 Å². The predicted molar refractivity (Wildman–Crippen MR) is 343 cm³/mol. The van der Waals surface area contributed by atoms with Crippen LogP contribution in [0.15, 0.2) is 84.9 Å². The lowest BCUT2D eigenvalue weighted by molar-refractivity contribution is 0.381. The Bertz CT molecular complexity index is 3140. The van der Waals surface area contributed by atoms with Crippen LogP contribution in [0.25, 0.3) is 0 Å². The van der Waals surface area contributed by atoms with Crippen molar-refractivity contribution in [3.63, 3.8) is 0 Å². The summed E-state index contributed by atoms with van der Waals surface area (Å²) in [5.74, 6) is 4.82. The molecule has 0 radical (unpaired) electrons. The molecule has 0 spiro atoms. The minimum atomic E-state index is -1.27. The van der Waals surface area contributed by atoms with E-state index in [1.807, 2.05) is 21.3 Å². The highest BCUT2D eigenvalue weighted by atomic mass is 31.1. The van der Waals surface area contributed by atoms with Crippen LogP contribution in [0.4, 0.5) is 0 Å². The van der Waals surface area contributed by atoms with Crippen molar-refractivity contribution in [2.75, 3.05) is 21.3 Å². The average Bonchev–Trinajstić information content (AvgIpc) is 3.30.